The zero-order valence-electron chi connectivity index (χ0n) is 16.1. The Bertz CT molecular complexity index is 1030. The quantitative estimate of drug-likeness (QED) is 0.535. The molecule has 1 aromatic heterocycles. The van der Waals surface area contributed by atoms with Crippen LogP contribution in [-0.2, 0) is 21.4 Å². The van der Waals surface area contributed by atoms with Crippen LogP contribution in [0.4, 0.5) is 11.4 Å². The van der Waals surface area contributed by atoms with Crippen LogP contribution >= 0.6 is 0 Å². The molecule has 0 spiro atoms. The van der Waals surface area contributed by atoms with E-state index in [4.69, 9.17) is 4.74 Å². The third-order valence-corrected chi connectivity index (χ3v) is 5.86. The summed E-state index contributed by atoms with van der Waals surface area (Å²) in [5, 5.41) is 17.6. The molecule has 0 aliphatic heterocycles. The van der Waals surface area contributed by atoms with Crippen LogP contribution in [0.1, 0.15) is 11.4 Å². The van der Waals surface area contributed by atoms with E-state index in [9.17, 15) is 23.3 Å². The van der Waals surface area contributed by atoms with Crippen molar-refractivity contribution >= 4 is 27.3 Å². The number of aryl methyl sites for hydroxylation is 1. The van der Waals surface area contributed by atoms with E-state index >= 15 is 0 Å². The van der Waals surface area contributed by atoms with Crippen LogP contribution in [0.25, 0.3) is 0 Å². The van der Waals surface area contributed by atoms with Crippen LogP contribution in [0.15, 0.2) is 23.1 Å². The number of rotatable bonds is 7. The van der Waals surface area contributed by atoms with E-state index in [2.05, 4.69) is 10.4 Å². The Morgan fingerprint density at radius 1 is 1.36 bits per heavy atom. The molecule has 2 aromatic rings. The molecule has 28 heavy (non-hydrogen) atoms. The van der Waals surface area contributed by atoms with Crippen molar-refractivity contribution in [1.29, 1.82) is 0 Å². The highest BCUT2D eigenvalue weighted by Crippen LogP contribution is 2.29. The number of aromatic nitrogens is 2. The van der Waals surface area contributed by atoms with Gasteiger partial charge in [-0.1, -0.05) is 0 Å². The fourth-order valence-corrected chi connectivity index (χ4v) is 3.67. The predicted octanol–water partition coefficient (Wildman–Crippen LogP) is 1.31. The Labute approximate surface area is 162 Å². The van der Waals surface area contributed by atoms with Gasteiger partial charge < -0.3 is 10.1 Å². The number of nitrogens with zero attached hydrogens (tertiary/aromatic N) is 4. The summed E-state index contributed by atoms with van der Waals surface area (Å²) in [6.45, 7) is 2.73. The Balaban J connectivity index is 2.28. The number of carbonyl (C=O) groups is 1. The van der Waals surface area contributed by atoms with Crippen LogP contribution in [-0.4, -0.2) is 54.5 Å². The van der Waals surface area contributed by atoms with Crippen LogP contribution < -0.4 is 10.1 Å². The molecule has 0 bridgehead atoms. The normalized spacial score (nSPS) is 11.5. The van der Waals surface area contributed by atoms with Crippen molar-refractivity contribution in [3.05, 3.63) is 39.7 Å². The number of amides is 1. The van der Waals surface area contributed by atoms with Gasteiger partial charge in [0.2, 0.25) is 15.9 Å². The maximum absolute atomic E-state index is 12.4. The summed E-state index contributed by atoms with van der Waals surface area (Å²) < 4.78 is 32.2. The van der Waals surface area contributed by atoms with Crippen molar-refractivity contribution in [3.63, 3.8) is 0 Å². The molecule has 152 valence electrons. The van der Waals surface area contributed by atoms with Gasteiger partial charge in [0.25, 0.3) is 0 Å². The first-order valence-corrected chi connectivity index (χ1v) is 9.51. The minimum atomic E-state index is -3.79. The third-order valence-electron chi connectivity index (χ3n) is 4.03. The Morgan fingerprint density at radius 2 is 2.00 bits per heavy atom. The highest BCUT2D eigenvalue weighted by Gasteiger charge is 2.24. The lowest BCUT2D eigenvalue weighted by molar-refractivity contribution is -0.386. The average Bonchev–Trinajstić information content (AvgIpc) is 2.88. The summed E-state index contributed by atoms with van der Waals surface area (Å²) in [6.07, 6.45) is 0. The van der Waals surface area contributed by atoms with Crippen molar-refractivity contribution in [2.24, 2.45) is 0 Å². The monoisotopic (exact) mass is 411 g/mol. The lowest BCUT2D eigenvalue weighted by Gasteiger charge is -2.16. The van der Waals surface area contributed by atoms with E-state index in [1.165, 1.54) is 57.9 Å². The molecular formula is C16H21N5O6S. The summed E-state index contributed by atoms with van der Waals surface area (Å²) in [7, 11) is 0.324. The van der Waals surface area contributed by atoms with Crippen LogP contribution in [0.2, 0.25) is 0 Å². The van der Waals surface area contributed by atoms with Gasteiger partial charge in [-0.15, -0.1) is 0 Å². The third kappa shape index (κ3) is 4.12. The van der Waals surface area contributed by atoms with Crippen molar-refractivity contribution < 1.29 is 22.9 Å². The Morgan fingerprint density at radius 3 is 2.50 bits per heavy atom. The van der Waals surface area contributed by atoms with Gasteiger partial charge in [-0.2, -0.15) is 5.10 Å². The van der Waals surface area contributed by atoms with E-state index in [1.807, 2.05) is 0 Å². The number of benzene rings is 1. The standard InChI is InChI=1S/C16H21N5O6S/c1-10-16(21(23)24)11(2)20(18-10)9-15(22)17-12-6-7-13(27-5)14(8-12)28(25,26)19(3)4/h6-8H,9H2,1-5H3,(H,17,22). The molecule has 0 fully saturated rings. The molecule has 0 aliphatic rings. The molecule has 11 nitrogen and oxygen atoms in total. The molecule has 1 N–H and O–H groups in total. The minimum Gasteiger partial charge on any atom is -0.495 e. The first kappa shape index (κ1) is 21.3. The van der Waals surface area contributed by atoms with E-state index in [0.29, 0.717) is 0 Å². The number of nitro groups is 1. The van der Waals surface area contributed by atoms with Crippen molar-refractivity contribution in [1.82, 2.24) is 14.1 Å². The van der Waals surface area contributed by atoms with Gasteiger partial charge in [0.05, 0.1) is 12.0 Å². The second-order valence-corrected chi connectivity index (χ2v) is 8.26. The minimum absolute atomic E-state index is 0.0976. The van der Waals surface area contributed by atoms with Crippen molar-refractivity contribution in [2.75, 3.05) is 26.5 Å². The maximum atomic E-state index is 12.4. The lowest BCUT2D eigenvalue weighted by atomic mass is 10.3. The van der Waals surface area contributed by atoms with E-state index in [1.54, 1.807) is 0 Å². The molecule has 12 heteroatoms. The van der Waals surface area contributed by atoms with Gasteiger partial charge >= 0.3 is 5.69 Å². The number of hydrogen-bond donors (Lipinski definition) is 1. The van der Waals surface area contributed by atoms with Gasteiger partial charge in [0.1, 0.15) is 28.6 Å². The molecule has 1 aromatic carbocycles. The number of carbonyl (C=O) groups excluding carboxylic acids is 1. The highest BCUT2D eigenvalue weighted by molar-refractivity contribution is 7.89. The van der Waals surface area contributed by atoms with Crippen molar-refractivity contribution in [2.45, 2.75) is 25.3 Å². The molecule has 0 radical (unpaired) electrons. The Hall–Kier alpha value is -2.99. The van der Waals surface area contributed by atoms with E-state index in [0.717, 1.165) is 4.31 Å². The largest absolute Gasteiger partial charge is 0.495 e. The fourth-order valence-electron chi connectivity index (χ4n) is 2.59. The summed E-state index contributed by atoms with van der Waals surface area (Å²) in [4.78, 5) is 22.8. The van der Waals surface area contributed by atoms with Crippen LogP contribution in [0, 0.1) is 24.0 Å². The van der Waals surface area contributed by atoms with Crippen LogP contribution in [0.5, 0.6) is 5.75 Å². The highest BCUT2D eigenvalue weighted by atomic mass is 32.2. The number of anilines is 1. The van der Waals surface area contributed by atoms with Gasteiger partial charge in [-0.25, -0.2) is 12.7 Å². The van der Waals surface area contributed by atoms with Gasteiger partial charge in [-0.05, 0) is 32.0 Å². The maximum Gasteiger partial charge on any atom is 0.312 e. The second-order valence-electron chi connectivity index (χ2n) is 6.14. The van der Waals surface area contributed by atoms with Gasteiger partial charge in [0.15, 0.2) is 0 Å². The SMILES string of the molecule is COc1ccc(NC(=O)Cn2nc(C)c([N+](=O)[O-])c2C)cc1S(=O)(=O)N(C)C. The number of nitrogens with one attached hydrogen (secondary N) is 1. The summed E-state index contributed by atoms with van der Waals surface area (Å²) in [5.74, 6) is -0.375. The molecule has 0 atom stereocenters. The van der Waals surface area contributed by atoms with Crippen molar-refractivity contribution in [3.8, 4) is 5.75 Å². The molecule has 0 saturated carbocycles. The average molecular weight is 411 g/mol. The molecule has 0 unspecified atom stereocenters. The van der Waals surface area contributed by atoms with Gasteiger partial charge in [0, 0.05) is 19.8 Å². The van der Waals surface area contributed by atoms with E-state index < -0.39 is 20.9 Å². The number of methoxy groups -OCH3 is 1. The predicted molar refractivity (Wildman–Crippen MR) is 101 cm³/mol. The van der Waals surface area contributed by atoms with Crippen LogP contribution in [0.3, 0.4) is 0 Å². The second kappa shape index (κ2) is 7.94. The fraction of sp³-hybridized carbons (Fsp3) is 0.375. The number of ether oxygens (including phenoxy) is 1. The molecule has 0 saturated heterocycles. The topological polar surface area (TPSA) is 137 Å². The summed E-state index contributed by atoms with van der Waals surface area (Å²) in [5.41, 5.74) is 0.557. The summed E-state index contributed by atoms with van der Waals surface area (Å²) in [6, 6.07) is 4.21. The lowest BCUT2D eigenvalue weighted by Crippen LogP contribution is -2.24. The number of sulfonamides is 1. The van der Waals surface area contributed by atoms with E-state index in [-0.39, 0.29) is 40.0 Å². The molecule has 2 rings (SSSR count). The molecule has 1 amide bonds. The summed E-state index contributed by atoms with van der Waals surface area (Å²) >= 11 is 0. The zero-order valence-corrected chi connectivity index (χ0v) is 16.9. The molecule has 1 heterocycles. The first-order valence-electron chi connectivity index (χ1n) is 8.07. The molecule has 0 aliphatic carbocycles. The smallest absolute Gasteiger partial charge is 0.312 e. The van der Waals surface area contributed by atoms with Gasteiger partial charge in [-0.3, -0.25) is 19.6 Å². The zero-order chi connectivity index (χ0) is 21.2. The first-order chi connectivity index (χ1) is 13.0. The Kier molecular flexibility index (Phi) is 6.04. The number of hydrogen-bond acceptors (Lipinski definition) is 7. The molecular weight excluding hydrogens is 390 g/mol.